The molecule has 0 fully saturated rings. The summed E-state index contributed by atoms with van der Waals surface area (Å²) in [5.41, 5.74) is 12.5. The fourth-order valence-electron chi connectivity index (χ4n) is 8.62. The molecule has 11 aromatic rings. The predicted molar refractivity (Wildman–Crippen MR) is 220 cm³/mol. The van der Waals surface area contributed by atoms with Gasteiger partial charge in [0.25, 0.3) is 0 Å². The van der Waals surface area contributed by atoms with Crippen LogP contribution in [0.3, 0.4) is 0 Å². The Morgan fingerprint density at radius 1 is 0.321 bits per heavy atom. The molecule has 53 heavy (non-hydrogen) atoms. The summed E-state index contributed by atoms with van der Waals surface area (Å²) in [7, 11) is 0. The van der Waals surface area contributed by atoms with E-state index in [9.17, 15) is 5.26 Å². The maximum Gasteiger partial charge on any atom is 0.104 e. The molecule has 3 aromatic heterocycles. The molecular weight excluding hydrogens is 645 g/mol. The average molecular weight is 675 g/mol. The van der Waals surface area contributed by atoms with Crippen molar-refractivity contribution >= 4 is 65.4 Å². The zero-order chi connectivity index (χ0) is 35.0. The number of para-hydroxylation sites is 5. The SMILES string of the molecule is N#Cc1c(-n2c3ccccc3c3ccccc32)cccc1-n1c2ccccc2c2cc(-c3ccc4c(c3)c3ccccc3n4-c3ccccc3)ccc21. The van der Waals surface area contributed by atoms with Gasteiger partial charge < -0.3 is 13.7 Å². The van der Waals surface area contributed by atoms with E-state index in [2.05, 4.69) is 202 Å². The highest BCUT2D eigenvalue weighted by atomic mass is 15.0. The number of rotatable bonds is 4. The smallest absolute Gasteiger partial charge is 0.104 e. The van der Waals surface area contributed by atoms with Gasteiger partial charge in [0.15, 0.2) is 0 Å². The minimum atomic E-state index is 0.631. The molecule has 0 atom stereocenters. The van der Waals surface area contributed by atoms with E-state index in [1.54, 1.807) is 0 Å². The van der Waals surface area contributed by atoms with Crippen LogP contribution in [0, 0.1) is 11.3 Å². The average Bonchev–Trinajstić information content (AvgIpc) is 3.86. The van der Waals surface area contributed by atoms with E-state index in [-0.39, 0.29) is 0 Å². The summed E-state index contributed by atoms with van der Waals surface area (Å²) in [6, 6.07) is 67.1. The third kappa shape index (κ3) is 4.22. The van der Waals surface area contributed by atoms with Gasteiger partial charge in [-0.05, 0) is 83.9 Å². The van der Waals surface area contributed by atoms with E-state index >= 15 is 0 Å². The highest BCUT2D eigenvalue weighted by Crippen LogP contribution is 2.40. The number of fused-ring (bicyclic) bond motifs is 9. The first-order valence-electron chi connectivity index (χ1n) is 17.9. The molecule has 0 N–H and O–H groups in total. The lowest BCUT2D eigenvalue weighted by molar-refractivity contribution is 1.12. The monoisotopic (exact) mass is 674 g/mol. The van der Waals surface area contributed by atoms with E-state index in [4.69, 9.17) is 0 Å². The first-order chi connectivity index (χ1) is 26.3. The van der Waals surface area contributed by atoms with Crippen molar-refractivity contribution < 1.29 is 0 Å². The first kappa shape index (κ1) is 29.4. The zero-order valence-electron chi connectivity index (χ0n) is 28.6. The second-order valence-corrected chi connectivity index (χ2v) is 13.7. The van der Waals surface area contributed by atoms with E-state index in [1.807, 2.05) is 0 Å². The normalized spacial score (nSPS) is 11.8. The summed E-state index contributed by atoms with van der Waals surface area (Å²) in [4.78, 5) is 0. The fraction of sp³-hybridized carbons (Fsp3) is 0. The number of aromatic nitrogens is 3. The molecule has 0 radical (unpaired) electrons. The summed E-state index contributed by atoms with van der Waals surface area (Å²) in [6.07, 6.45) is 0. The number of hydrogen-bond donors (Lipinski definition) is 0. The van der Waals surface area contributed by atoms with Crippen LogP contribution in [-0.4, -0.2) is 13.7 Å². The molecule has 246 valence electrons. The predicted octanol–water partition coefficient (Wildman–Crippen LogP) is 12.5. The van der Waals surface area contributed by atoms with Crippen LogP contribution >= 0.6 is 0 Å². The summed E-state index contributed by atoms with van der Waals surface area (Å²) in [5.74, 6) is 0. The highest BCUT2D eigenvalue weighted by molar-refractivity contribution is 6.13. The standard InChI is InChI=1S/C49H30N4/c50-31-41-46(52-43-20-9-4-15-35(43)36-16-5-10-21-44(36)52)23-12-24-47(41)53-45-22-11-7-18-38(45)40-30-33(26-28-49(40)53)32-25-27-48-39(29-32)37-17-6-8-19-42(37)51(48)34-13-2-1-3-14-34/h1-30H. The van der Waals surface area contributed by atoms with Gasteiger partial charge in [-0.1, -0.05) is 109 Å². The minimum absolute atomic E-state index is 0.631. The van der Waals surface area contributed by atoms with Crippen LogP contribution in [0.1, 0.15) is 5.56 Å². The summed E-state index contributed by atoms with van der Waals surface area (Å²) in [5, 5.41) is 18.0. The molecule has 4 nitrogen and oxygen atoms in total. The zero-order valence-corrected chi connectivity index (χ0v) is 28.6. The van der Waals surface area contributed by atoms with Crippen molar-refractivity contribution in [2.24, 2.45) is 0 Å². The largest absolute Gasteiger partial charge is 0.309 e. The summed E-state index contributed by atoms with van der Waals surface area (Å²) in [6.45, 7) is 0. The van der Waals surface area contributed by atoms with Gasteiger partial charge in [-0.2, -0.15) is 5.26 Å². The number of hydrogen-bond acceptors (Lipinski definition) is 1. The molecule has 0 aliphatic carbocycles. The third-order valence-corrected chi connectivity index (χ3v) is 10.9. The van der Waals surface area contributed by atoms with Gasteiger partial charge in [-0.15, -0.1) is 0 Å². The van der Waals surface area contributed by atoms with E-state index in [1.165, 1.54) is 38.1 Å². The molecule has 0 saturated heterocycles. The Kier molecular flexibility index (Phi) is 6.28. The lowest BCUT2D eigenvalue weighted by Crippen LogP contribution is -2.03. The maximum absolute atomic E-state index is 10.9. The molecule has 0 aliphatic rings. The second kappa shape index (κ2) is 11.3. The molecule has 11 rings (SSSR count). The summed E-state index contributed by atoms with van der Waals surface area (Å²) >= 11 is 0. The lowest BCUT2D eigenvalue weighted by atomic mass is 10.0. The molecule has 0 bridgehead atoms. The molecule has 0 saturated carbocycles. The Morgan fingerprint density at radius 3 is 1.17 bits per heavy atom. The van der Waals surface area contributed by atoms with Gasteiger partial charge in [0.1, 0.15) is 11.6 Å². The number of benzene rings is 8. The maximum atomic E-state index is 10.9. The van der Waals surface area contributed by atoms with Crippen LogP contribution in [0.5, 0.6) is 0 Å². The highest BCUT2D eigenvalue weighted by Gasteiger charge is 2.21. The second-order valence-electron chi connectivity index (χ2n) is 13.7. The van der Waals surface area contributed by atoms with Gasteiger partial charge in [0, 0.05) is 38.0 Å². The van der Waals surface area contributed by atoms with Crippen molar-refractivity contribution in [1.82, 2.24) is 13.7 Å². The van der Waals surface area contributed by atoms with Gasteiger partial charge in [-0.25, -0.2) is 0 Å². The molecule has 0 unspecified atom stereocenters. The summed E-state index contributed by atoms with van der Waals surface area (Å²) < 4.78 is 6.86. The van der Waals surface area contributed by atoms with Crippen molar-refractivity contribution in [3.63, 3.8) is 0 Å². The molecule has 4 heteroatoms. The Bertz CT molecular complexity index is 3240. The molecule has 0 amide bonds. The van der Waals surface area contributed by atoms with E-state index < -0.39 is 0 Å². The van der Waals surface area contributed by atoms with Gasteiger partial charge in [-0.3, -0.25) is 0 Å². The Labute approximate surface area is 305 Å². The molecular formula is C49H30N4. The van der Waals surface area contributed by atoms with Crippen molar-refractivity contribution in [2.45, 2.75) is 0 Å². The minimum Gasteiger partial charge on any atom is -0.309 e. The number of nitriles is 1. The van der Waals surface area contributed by atoms with Crippen molar-refractivity contribution in [1.29, 1.82) is 5.26 Å². The molecule has 8 aromatic carbocycles. The topological polar surface area (TPSA) is 38.6 Å². The Morgan fingerprint density at radius 2 is 0.698 bits per heavy atom. The van der Waals surface area contributed by atoms with Crippen molar-refractivity contribution in [3.05, 3.63) is 188 Å². The first-order valence-corrected chi connectivity index (χ1v) is 17.9. The number of nitrogens with zero attached hydrogens (tertiary/aromatic N) is 4. The van der Waals surface area contributed by atoms with Crippen molar-refractivity contribution in [3.8, 4) is 34.3 Å². The van der Waals surface area contributed by atoms with Gasteiger partial charge in [0.05, 0.1) is 44.5 Å². The van der Waals surface area contributed by atoms with Gasteiger partial charge in [0.2, 0.25) is 0 Å². The van der Waals surface area contributed by atoms with Crippen LogP contribution in [0.15, 0.2) is 182 Å². The van der Waals surface area contributed by atoms with E-state index in [0.717, 1.165) is 55.5 Å². The van der Waals surface area contributed by atoms with Crippen LogP contribution < -0.4 is 0 Å². The van der Waals surface area contributed by atoms with E-state index in [0.29, 0.717) is 5.56 Å². The van der Waals surface area contributed by atoms with Crippen LogP contribution in [-0.2, 0) is 0 Å². The van der Waals surface area contributed by atoms with Crippen LogP contribution in [0.2, 0.25) is 0 Å². The van der Waals surface area contributed by atoms with Crippen LogP contribution in [0.4, 0.5) is 0 Å². The fourth-order valence-corrected chi connectivity index (χ4v) is 8.62. The lowest BCUT2D eigenvalue weighted by Gasteiger charge is -2.15. The molecule has 0 aliphatic heterocycles. The molecule has 0 spiro atoms. The third-order valence-electron chi connectivity index (χ3n) is 10.9. The van der Waals surface area contributed by atoms with Crippen LogP contribution in [0.25, 0.3) is 93.6 Å². The Balaban J connectivity index is 1.12. The van der Waals surface area contributed by atoms with Crippen molar-refractivity contribution in [2.75, 3.05) is 0 Å². The molecule has 3 heterocycles. The quantitative estimate of drug-likeness (QED) is 0.183. The Hall–Kier alpha value is -7.35. The van der Waals surface area contributed by atoms with Gasteiger partial charge >= 0.3 is 0 Å².